The van der Waals surface area contributed by atoms with Crippen molar-refractivity contribution in [2.45, 2.75) is 32.7 Å². The molecule has 1 aromatic carbocycles. The second kappa shape index (κ2) is 7.42. The van der Waals surface area contributed by atoms with E-state index in [1.807, 2.05) is 13.8 Å². The predicted molar refractivity (Wildman–Crippen MR) is 74.1 cm³/mol. The number of rotatable bonds is 7. The Bertz CT molecular complexity index is 494. The minimum absolute atomic E-state index is 0.110. The van der Waals surface area contributed by atoms with E-state index >= 15 is 0 Å². The van der Waals surface area contributed by atoms with Gasteiger partial charge >= 0.3 is 0 Å². The number of amides is 1. The molecule has 1 rings (SSSR count). The van der Waals surface area contributed by atoms with Crippen LogP contribution in [0.1, 0.15) is 26.7 Å². The molecule has 6 nitrogen and oxygen atoms in total. The average molecular weight is 283 g/mol. The number of carbonyl (C=O) groups is 1. The highest BCUT2D eigenvalue weighted by Gasteiger charge is 2.11. The van der Waals surface area contributed by atoms with Crippen LogP contribution in [0.5, 0.6) is 0 Å². The fraction of sp³-hybridized carbons (Fsp3) is 0.462. The van der Waals surface area contributed by atoms with Crippen molar-refractivity contribution in [1.29, 1.82) is 0 Å². The molecule has 1 atom stereocenters. The number of benzene rings is 1. The molecule has 7 heteroatoms. The number of hydrogen-bond donors (Lipinski definition) is 2. The van der Waals surface area contributed by atoms with Crippen molar-refractivity contribution in [2.75, 3.05) is 11.9 Å². The summed E-state index contributed by atoms with van der Waals surface area (Å²) in [6, 6.07) is 3.46. The number of carbonyl (C=O) groups excluding carboxylic acids is 1. The molecule has 1 aromatic rings. The van der Waals surface area contributed by atoms with Crippen molar-refractivity contribution in [3.63, 3.8) is 0 Å². The summed E-state index contributed by atoms with van der Waals surface area (Å²) in [4.78, 5) is 21.3. The summed E-state index contributed by atoms with van der Waals surface area (Å²) >= 11 is 0. The van der Waals surface area contributed by atoms with Crippen LogP contribution in [-0.4, -0.2) is 23.4 Å². The molecule has 0 spiro atoms. The van der Waals surface area contributed by atoms with Crippen molar-refractivity contribution < 1.29 is 14.1 Å². The van der Waals surface area contributed by atoms with Gasteiger partial charge in [0.1, 0.15) is 0 Å². The van der Waals surface area contributed by atoms with Crippen LogP contribution in [-0.2, 0) is 4.79 Å². The second-order valence-electron chi connectivity index (χ2n) is 4.47. The molecule has 2 N–H and O–H groups in total. The number of nitro benzene ring substituents is 1. The lowest BCUT2D eigenvalue weighted by atomic mass is 10.2. The maximum absolute atomic E-state index is 13.5. The fourth-order valence-electron chi connectivity index (χ4n) is 1.52. The van der Waals surface area contributed by atoms with Crippen molar-refractivity contribution >= 4 is 17.3 Å². The maximum Gasteiger partial charge on any atom is 0.272 e. The molecule has 0 bridgehead atoms. The summed E-state index contributed by atoms with van der Waals surface area (Å²) in [5.74, 6) is -0.823. The van der Waals surface area contributed by atoms with E-state index in [0.29, 0.717) is 0 Å². The smallest absolute Gasteiger partial charge is 0.272 e. The Hall–Kier alpha value is -2.18. The number of hydrogen-bond acceptors (Lipinski definition) is 4. The van der Waals surface area contributed by atoms with Crippen LogP contribution in [0.15, 0.2) is 18.2 Å². The molecule has 0 fully saturated rings. The molecule has 0 aliphatic heterocycles. The minimum Gasteiger partial charge on any atom is -0.382 e. The van der Waals surface area contributed by atoms with Crippen LogP contribution in [0.2, 0.25) is 0 Å². The van der Waals surface area contributed by atoms with Gasteiger partial charge < -0.3 is 10.6 Å². The normalized spacial score (nSPS) is 11.8. The van der Waals surface area contributed by atoms with Crippen molar-refractivity contribution in [3.8, 4) is 0 Å². The van der Waals surface area contributed by atoms with E-state index in [1.54, 1.807) is 0 Å². The minimum atomic E-state index is -0.707. The number of anilines is 1. The number of non-ortho nitro benzene ring substituents is 1. The van der Waals surface area contributed by atoms with Gasteiger partial charge in [-0.1, -0.05) is 6.92 Å². The van der Waals surface area contributed by atoms with Crippen molar-refractivity contribution in [1.82, 2.24) is 5.32 Å². The number of halogens is 1. The molecule has 110 valence electrons. The summed E-state index contributed by atoms with van der Waals surface area (Å²) in [7, 11) is 0. The van der Waals surface area contributed by atoms with Gasteiger partial charge in [0.05, 0.1) is 16.7 Å². The highest BCUT2D eigenvalue weighted by molar-refractivity contribution is 5.76. The number of nitrogens with one attached hydrogen (secondary N) is 2. The molecule has 1 amide bonds. The number of nitrogens with zero attached hydrogens (tertiary/aromatic N) is 1. The third kappa shape index (κ3) is 4.83. The molecular formula is C13H18FN3O3. The first kappa shape index (κ1) is 15.9. The maximum atomic E-state index is 13.5. The summed E-state index contributed by atoms with van der Waals surface area (Å²) in [5.41, 5.74) is -0.158. The van der Waals surface area contributed by atoms with E-state index in [0.717, 1.165) is 12.5 Å². The highest BCUT2D eigenvalue weighted by atomic mass is 19.1. The van der Waals surface area contributed by atoms with Gasteiger partial charge in [0.2, 0.25) is 5.91 Å². The van der Waals surface area contributed by atoms with E-state index in [9.17, 15) is 19.3 Å². The Morgan fingerprint density at radius 2 is 2.20 bits per heavy atom. The molecule has 0 aliphatic rings. The summed E-state index contributed by atoms with van der Waals surface area (Å²) in [5, 5.41) is 16.0. The Balaban J connectivity index is 2.46. The molecule has 1 unspecified atom stereocenters. The van der Waals surface area contributed by atoms with Gasteiger partial charge in [0, 0.05) is 25.1 Å². The summed E-state index contributed by atoms with van der Waals surface area (Å²) in [6.45, 7) is 4.13. The highest BCUT2D eigenvalue weighted by Crippen LogP contribution is 2.20. The van der Waals surface area contributed by atoms with Gasteiger partial charge in [-0.05, 0) is 19.4 Å². The zero-order valence-corrected chi connectivity index (χ0v) is 11.5. The largest absolute Gasteiger partial charge is 0.382 e. The average Bonchev–Trinajstić information content (AvgIpc) is 2.40. The van der Waals surface area contributed by atoms with Gasteiger partial charge in [0.25, 0.3) is 5.69 Å². The zero-order chi connectivity index (χ0) is 15.1. The Morgan fingerprint density at radius 1 is 1.50 bits per heavy atom. The van der Waals surface area contributed by atoms with Crippen LogP contribution in [0.4, 0.5) is 15.8 Å². The van der Waals surface area contributed by atoms with Crippen LogP contribution >= 0.6 is 0 Å². The summed E-state index contributed by atoms with van der Waals surface area (Å²) in [6.07, 6.45) is 1.05. The Morgan fingerprint density at radius 3 is 2.75 bits per heavy atom. The van der Waals surface area contributed by atoms with Gasteiger partial charge in [-0.2, -0.15) is 0 Å². The first-order valence-electron chi connectivity index (χ1n) is 6.41. The molecule has 20 heavy (non-hydrogen) atoms. The molecule has 0 radical (unpaired) electrons. The molecule has 0 saturated carbocycles. The van der Waals surface area contributed by atoms with E-state index in [-0.39, 0.29) is 36.3 Å². The molecular weight excluding hydrogens is 265 g/mol. The quantitative estimate of drug-likeness (QED) is 0.594. The third-order valence-corrected chi connectivity index (χ3v) is 2.85. The predicted octanol–water partition coefficient (Wildman–Crippen LogP) is 2.45. The lowest BCUT2D eigenvalue weighted by molar-refractivity contribution is -0.385. The Labute approximate surface area is 116 Å². The lowest BCUT2D eigenvalue weighted by Gasteiger charge is -2.12. The lowest BCUT2D eigenvalue weighted by Crippen LogP contribution is -2.33. The van der Waals surface area contributed by atoms with E-state index < -0.39 is 10.7 Å². The van der Waals surface area contributed by atoms with Crippen LogP contribution < -0.4 is 10.6 Å². The van der Waals surface area contributed by atoms with Crippen molar-refractivity contribution in [2.24, 2.45) is 0 Å². The second-order valence-corrected chi connectivity index (χ2v) is 4.47. The third-order valence-electron chi connectivity index (χ3n) is 2.85. The fourth-order valence-corrected chi connectivity index (χ4v) is 1.52. The van der Waals surface area contributed by atoms with Crippen molar-refractivity contribution in [3.05, 3.63) is 34.1 Å². The van der Waals surface area contributed by atoms with Gasteiger partial charge in [-0.15, -0.1) is 0 Å². The van der Waals surface area contributed by atoms with Crippen LogP contribution in [0, 0.1) is 15.9 Å². The zero-order valence-electron chi connectivity index (χ0n) is 11.5. The number of nitro groups is 1. The first-order chi connectivity index (χ1) is 9.43. The molecule has 0 heterocycles. The SMILES string of the molecule is CCC(C)NC(=O)CCNc1ccc([N+](=O)[O-])cc1F. The van der Waals surface area contributed by atoms with E-state index in [1.165, 1.54) is 12.1 Å². The van der Waals surface area contributed by atoms with E-state index in [2.05, 4.69) is 10.6 Å². The standard InChI is InChI=1S/C13H18FN3O3/c1-3-9(2)16-13(18)6-7-15-12-5-4-10(17(19)20)8-11(12)14/h4-5,8-9,15H,3,6-7H2,1-2H3,(H,16,18). The molecule has 0 aliphatic carbocycles. The van der Waals surface area contributed by atoms with Crippen LogP contribution in [0.3, 0.4) is 0 Å². The summed E-state index contributed by atoms with van der Waals surface area (Å²) < 4.78 is 13.5. The molecule has 0 saturated heterocycles. The Kier molecular flexibility index (Phi) is 5.89. The van der Waals surface area contributed by atoms with Gasteiger partial charge in [-0.3, -0.25) is 14.9 Å². The van der Waals surface area contributed by atoms with E-state index in [4.69, 9.17) is 0 Å². The monoisotopic (exact) mass is 283 g/mol. The topological polar surface area (TPSA) is 84.3 Å². The first-order valence-corrected chi connectivity index (χ1v) is 6.41. The van der Waals surface area contributed by atoms with Gasteiger partial charge in [-0.25, -0.2) is 4.39 Å². The van der Waals surface area contributed by atoms with Gasteiger partial charge in [0.15, 0.2) is 5.82 Å². The molecule has 0 aromatic heterocycles. The van der Waals surface area contributed by atoms with Crippen LogP contribution in [0.25, 0.3) is 0 Å².